The van der Waals surface area contributed by atoms with E-state index in [1.54, 1.807) is 0 Å². The van der Waals surface area contributed by atoms with Gasteiger partial charge in [-0.3, -0.25) is 10.5 Å². The summed E-state index contributed by atoms with van der Waals surface area (Å²) in [4.78, 5) is 0. The molecule has 0 aliphatic rings. The van der Waals surface area contributed by atoms with Crippen LogP contribution in [-0.2, 0) is 0 Å². The Morgan fingerprint density at radius 2 is 1.25 bits per heavy atom. The third-order valence-corrected chi connectivity index (χ3v) is 0. The summed E-state index contributed by atoms with van der Waals surface area (Å²) in [7, 11) is 0. The zero-order chi connectivity index (χ0) is 2.00. The topological polar surface area (TPSA) is 40.5 Å². The maximum Gasteiger partial charge on any atom is 1.00 e. The van der Waals surface area contributed by atoms with Gasteiger partial charge in [0.25, 0.3) is 0 Å². The molecule has 0 aromatic carbocycles. The second-order valence-corrected chi connectivity index (χ2v) is 0. The van der Waals surface area contributed by atoms with Gasteiger partial charge in [0.1, 0.15) is 0 Å². The molecule has 0 amide bonds. The maximum absolute atomic E-state index is 6.00. The first-order valence-corrected chi connectivity index (χ1v) is 0.200. The van der Waals surface area contributed by atoms with Crippen LogP contribution in [0.2, 0.25) is 0 Å². The fourth-order valence-electron chi connectivity index (χ4n) is 0. The molecule has 19 valence electrons. The Balaban J connectivity index is -0.00000000167. The Morgan fingerprint density at radius 1 is 1.25 bits per heavy atom. The van der Waals surface area contributed by atoms with Crippen molar-refractivity contribution in [3.05, 3.63) is 0 Å². The molecule has 2 N–H and O–H groups in total. The first kappa shape index (κ1) is 20.1. The van der Waals surface area contributed by atoms with Crippen LogP contribution >= 0.6 is 0 Å². The molecular formula is H3BNaO2. The van der Waals surface area contributed by atoms with Crippen LogP contribution in [0.15, 0.2) is 0 Å². The standard InChI is InChI=1S/B.Na.H2O2.H/c;;1-2;/h;;1-2H;/q;+1;;-1. The van der Waals surface area contributed by atoms with Gasteiger partial charge in [-0.05, 0) is 0 Å². The summed E-state index contributed by atoms with van der Waals surface area (Å²) in [6, 6.07) is 0. The Kier molecular flexibility index (Phi) is 184. The molecule has 0 aromatic heterocycles. The molecule has 4 heteroatoms. The van der Waals surface area contributed by atoms with Crippen LogP contribution in [0, 0.1) is 0 Å². The van der Waals surface area contributed by atoms with E-state index in [9.17, 15) is 0 Å². The van der Waals surface area contributed by atoms with Gasteiger partial charge in [-0.2, -0.15) is 0 Å². The smallest absolute Gasteiger partial charge is 1.00 e. The van der Waals surface area contributed by atoms with E-state index in [-0.39, 0.29) is 39.4 Å². The predicted octanol–water partition coefficient (Wildman–Crippen LogP) is -3.25. The molecule has 0 aliphatic heterocycles. The molecule has 0 heterocycles. The quantitative estimate of drug-likeness (QED) is 0.178. The van der Waals surface area contributed by atoms with Crippen LogP contribution in [0.1, 0.15) is 1.43 Å². The average molecular weight is 68.8 g/mol. The van der Waals surface area contributed by atoms with Crippen LogP contribution in [0.5, 0.6) is 0 Å². The Hall–Kier alpha value is 0.985. The van der Waals surface area contributed by atoms with Gasteiger partial charge < -0.3 is 1.43 Å². The van der Waals surface area contributed by atoms with Crippen LogP contribution in [0.25, 0.3) is 0 Å². The Bertz CT molecular complexity index is 9.61. The molecule has 0 saturated heterocycles. The molecule has 0 aromatic rings. The Morgan fingerprint density at radius 3 is 1.25 bits per heavy atom. The van der Waals surface area contributed by atoms with Crippen LogP contribution in [0.3, 0.4) is 0 Å². The third-order valence-electron chi connectivity index (χ3n) is 0. The van der Waals surface area contributed by atoms with Gasteiger partial charge >= 0.3 is 29.6 Å². The van der Waals surface area contributed by atoms with Gasteiger partial charge in [0.2, 0.25) is 0 Å². The third kappa shape index (κ3) is 12.1. The van der Waals surface area contributed by atoms with Crippen molar-refractivity contribution in [2.75, 3.05) is 0 Å². The SMILES string of the molecule is OO.[B].[H-].[Na+]. The largest absolute Gasteiger partial charge is 1.00 e. The zero-order valence-electron chi connectivity index (χ0n) is 3.47. The Labute approximate surface area is 50.1 Å². The summed E-state index contributed by atoms with van der Waals surface area (Å²) >= 11 is 0. The van der Waals surface area contributed by atoms with E-state index in [1.165, 1.54) is 0 Å². The van der Waals surface area contributed by atoms with E-state index in [2.05, 4.69) is 0 Å². The van der Waals surface area contributed by atoms with Crippen molar-refractivity contribution in [1.29, 1.82) is 0 Å². The van der Waals surface area contributed by atoms with Crippen LogP contribution < -0.4 is 29.6 Å². The maximum atomic E-state index is 6.00. The first-order valence-electron chi connectivity index (χ1n) is 0.200. The van der Waals surface area contributed by atoms with Gasteiger partial charge in [-0.1, -0.05) is 0 Å². The van der Waals surface area contributed by atoms with Gasteiger partial charge in [0.05, 0.1) is 0 Å². The monoisotopic (exact) mass is 69.0 g/mol. The van der Waals surface area contributed by atoms with Crippen molar-refractivity contribution in [3.8, 4) is 0 Å². The fourth-order valence-corrected chi connectivity index (χ4v) is 0. The number of hydrogen-bond donors (Lipinski definition) is 2. The minimum Gasteiger partial charge on any atom is -1.00 e. The van der Waals surface area contributed by atoms with Crippen molar-refractivity contribution in [2.45, 2.75) is 0 Å². The minimum atomic E-state index is 0. The normalized spacial score (nSPS) is 1.50. The molecule has 3 radical (unpaired) electrons. The molecule has 0 rings (SSSR count). The van der Waals surface area contributed by atoms with E-state index < -0.39 is 0 Å². The van der Waals surface area contributed by atoms with E-state index in [0.29, 0.717) is 0 Å². The number of rotatable bonds is 0. The molecule has 0 atom stereocenters. The summed E-state index contributed by atoms with van der Waals surface area (Å²) in [5.41, 5.74) is 0. The second-order valence-electron chi connectivity index (χ2n) is 0. The van der Waals surface area contributed by atoms with Crippen LogP contribution in [0.4, 0.5) is 0 Å². The van der Waals surface area contributed by atoms with E-state index in [0.717, 1.165) is 0 Å². The van der Waals surface area contributed by atoms with Gasteiger partial charge in [0, 0.05) is 8.41 Å². The van der Waals surface area contributed by atoms with Crippen molar-refractivity contribution >= 4 is 8.41 Å². The van der Waals surface area contributed by atoms with Crippen molar-refractivity contribution in [2.24, 2.45) is 0 Å². The molecule has 4 heavy (non-hydrogen) atoms. The summed E-state index contributed by atoms with van der Waals surface area (Å²) in [5, 5.41) is 12.0. The number of hydrogen-bond acceptors (Lipinski definition) is 2. The zero-order valence-corrected chi connectivity index (χ0v) is 4.47. The molecular weight excluding hydrogens is 65.8 g/mol. The second kappa shape index (κ2) is 36.6. The molecule has 0 fully saturated rings. The van der Waals surface area contributed by atoms with Crippen molar-refractivity contribution < 1.29 is 41.5 Å². The summed E-state index contributed by atoms with van der Waals surface area (Å²) in [6.45, 7) is 0. The van der Waals surface area contributed by atoms with Gasteiger partial charge in [-0.15, -0.1) is 0 Å². The predicted molar refractivity (Wildman–Crippen MR) is 12.1 cm³/mol. The van der Waals surface area contributed by atoms with Crippen LogP contribution in [-0.4, -0.2) is 18.9 Å². The molecule has 0 spiro atoms. The van der Waals surface area contributed by atoms with Gasteiger partial charge in [-0.25, -0.2) is 0 Å². The molecule has 0 bridgehead atoms. The first-order chi connectivity index (χ1) is 1.00. The van der Waals surface area contributed by atoms with E-state index in [4.69, 9.17) is 10.5 Å². The molecule has 0 unspecified atom stereocenters. The van der Waals surface area contributed by atoms with Crippen molar-refractivity contribution in [3.63, 3.8) is 0 Å². The van der Waals surface area contributed by atoms with E-state index >= 15 is 0 Å². The van der Waals surface area contributed by atoms with E-state index in [1.807, 2.05) is 0 Å². The summed E-state index contributed by atoms with van der Waals surface area (Å²) < 4.78 is 0. The van der Waals surface area contributed by atoms with Gasteiger partial charge in [0.15, 0.2) is 0 Å². The summed E-state index contributed by atoms with van der Waals surface area (Å²) in [6.07, 6.45) is 0. The molecule has 2 nitrogen and oxygen atoms in total. The minimum absolute atomic E-state index is 0. The molecule has 0 aliphatic carbocycles. The fraction of sp³-hybridized carbons (Fsp3) is 0. The summed E-state index contributed by atoms with van der Waals surface area (Å²) in [5.74, 6) is 0. The average Bonchev–Trinajstić information content (AvgIpc) is 1.00. The molecule has 0 saturated carbocycles. The van der Waals surface area contributed by atoms with Crippen molar-refractivity contribution in [1.82, 2.24) is 0 Å².